The number of aryl methyl sites for hydroxylation is 2. The van der Waals surface area contributed by atoms with Gasteiger partial charge in [-0.1, -0.05) is 36.4 Å². The van der Waals surface area contributed by atoms with E-state index in [9.17, 15) is 14.4 Å². The fourth-order valence-corrected chi connectivity index (χ4v) is 2.35. The number of hydrogen-bond acceptors (Lipinski definition) is 3. The van der Waals surface area contributed by atoms with Crippen LogP contribution in [0.1, 0.15) is 27.0 Å². The van der Waals surface area contributed by atoms with Crippen LogP contribution in [0.25, 0.3) is 0 Å². The molecule has 2 aromatic carbocycles. The summed E-state index contributed by atoms with van der Waals surface area (Å²) in [5.74, 6) is -2.80. The number of ketones is 1. The number of anilines is 1. The first kappa shape index (κ1) is 16.4. The highest BCUT2D eigenvalue weighted by Crippen LogP contribution is 2.19. The van der Waals surface area contributed by atoms with E-state index in [4.69, 9.17) is 5.11 Å². The van der Waals surface area contributed by atoms with Crippen LogP contribution in [0, 0.1) is 13.8 Å². The maximum absolute atomic E-state index is 12.6. The van der Waals surface area contributed by atoms with E-state index in [-0.39, 0.29) is 12.3 Å². The Morgan fingerprint density at radius 2 is 1.61 bits per heavy atom. The summed E-state index contributed by atoms with van der Waals surface area (Å²) in [7, 11) is 0. The van der Waals surface area contributed by atoms with Crippen molar-refractivity contribution in [1.29, 1.82) is 0 Å². The van der Waals surface area contributed by atoms with Crippen LogP contribution in [0.4, 0.5) is 5.69 Å². The monoisotopic (exact) mass is 311 g/mol. The number of carboxylic acid groups (broad SMARTS) is 1. The quantitative estimate of drug-likeness (QED) is 0.832. The van der Waals surface area contributed by atoms with Crippen LogP contribution in [-0.2, 0) is 16.0 Å². The first-order chi connectivity index (χ1) is 10.9. The molecule has 0 fully saturated rings. The molecule has 2 aromatic rings. The highest BCUT2D eigenvalue weighted by molar-refractivity contribution is 6.33. The van der Waals surface area contributed by atoms with Crippen molar-refractivity contribution in [2.75, 3.05) is 5.32 Å². The maximum Gasteiger partial charge on any atom is 0.372 e. The normalized spacial score (nSPS) is 10.2. The fraction of sp³-hybridized carbons (Fsp3) is 0.167. The SMILES string of the molecule is Cc1ccccc1NC(=O)c1c(C)cccc1CC(=O)C(=O)O. The molecule has 0 radical (unpaired) electrons. The molecule has 2 rings (SSSR count). The zero-order valence-electron chi connectivity index (χ0n) is 12.9. The molecule has 0 spiro atoms. The van der Waals surface area contributed by atoms with Crippen molar-refractivity contribution in [2.45, 2.75) is 20.3 Å². The molecule has 0 bridgehead atoms. The number of rotatable bonds is 5. The zero-order valence-corrected chi connectivity index (χ0v) is 12.9. The third-order valence-electron chi connectivity index (χ3n) is 3.57. The van der Waals surface area contributed by atoms with Gasteiger partial charge >= 0.3 is 5.97 Å². The summed E-state index contributed by atoms with van der Waals surface area (Å²) < 4.78 is 0. The van der Waals surface area contributed by atoms with Gasteiger partial charge < -0.3 is 10.4 Å². The molecule has 118 valence electrons. The van der Waals surface area contributed by atoms with E-state index >= 15 is 0 Å². The van der Waals surface area contributed by atoms with E-state index in [0.717, 1.165) is 5.56 Å². The van der Waals surface area contributed by atoms with Crippen LogP contribution in [0.2, 0.25) is 0 Å². The van der Waals surface area contributed by atoms with Crippen molar-refractivity contribution in [3.63, 3.8) is 0 Å². The number of carboxylic acids is 1. The smallest absolute Gasteiger partial charge is 0.372 e. The number of carbonyl (C=O) groups excluding carboxylic acids is 2. The first-order valence-corrected chi connectivity index (χ1v) is 7.11. The highest BCUT2D eigenvalue weighted by Gasteiger charge is 2.19. The van der Waals surface area contributed by atoms with Gasteiger partial charge in [0.15, 0.2) is 0 Å². The first-order valence-electron chi connectivity index (χ1n) is 7.11. The number of para-hydroxylation sites is 1. The summed E-state index contributed by atoms with van der Waals surface area (Å²) in [6, 6.07) is 12.4. The van der Waals surface area contributed by atoms with E-state index in [2.05, 4.69) is 5.32 Å². The predicted molar refractivity (Wildman–Crippen MR) is 86.7 cm³/mol. The van der Waals surface area contributed by atoms with E-state index in [1.54, 1.807) is 31.2 Å². The molecule has 0 heterocycles. The molecule has 0 unspecified atom stereocenters. The zero-order chi connectivity index (χ0) is 17.0. The second kappa shape index (κ2) is 6.87. The summed E-state index contributed by atoms with van der Waals surface area (Å²) >= 11 is 0. The number of aliphatic carboxylic acids is 1. The highest BCUT2D eigenvalue weighted by atomic mass is 16.4. The van der Waals surface area contributed by atoms with Gasteiger partial charge in [0.1, 0.15) is 0 Å². The molecule has 0 saturated heterocycles. The Bertz CT molecular complexity index is 780. The second-order valence-corrected chi connectivity index (χ2v) is 5.28. The van der Waals surface area contributed by atoms with Gasteiger partial charge in [-0.2, -0.15) is 0 Å². The Balaban J connectivity index is 2.34. The lowest BCUT2D eigenvalue weighted by Gasteiger charge is -2.13. The van der Waals surface area contributed by atoms with Crippen molar-refractivity contribution < 1.29 is 19.5 Å². The Kier molecular flexibility index (Phi) is 4.91. The molecule has 0 aliphatic carbocycles. The largest absolute Gasteiger partial charge is 0.475 e. The molecule has 0 atom stereocenters. The summed E-state index contributed by atoms with van der Waals surface area (Å²) in [5.41, 5.74) is 3.02. The Morgan fingerprint density at radius 1 is 0.957 bits per heavy atom. The third kappa shape index (κ3) is 3.83. The summed E-state index contributed by atoms with van der Waals surface area (Å²) in [6.07, 6.45) is -0.312. The molecule has 1 amide bonds. The molecule has 0 saturated carbocycles. The minimum atomic E-state index is -1.50. The van der Waals surface area contributed by atoms with Gasteiger partial charge in [-0.05, 0) is 36.6 Å². The average molecular weight is 311 g/mol. The van der Waals surface area contributed by atoms with Crippen molar-refractivity contribution in [3.8, 4) is 0 Å². The maximum atomic E-state index is 12.6. The van der Waals surface area contributed by atoms with E-state index < -0.39 is 11.8 Å². The number of amides is 1. The van der Waals surface area contributed by atoms with Crippen LogP contribution < -0.4 is 5.32 Å². The molecule has 23 heavy (non-hydrogen) atoms. The number of carbonyl (C=O) groups is 3. The lowest BCUT2D eigenvalue weighted by atomic mass is 9.97. The van der Waals surface area contributed by atoms with Gasteiger partial charge in [0.05, 0.1) is 0 Å². The predicted octanol–water partition coefficient (Wildman–Crippen LogP) is 2.75. The van der Waals surface area contributed by atoms with Crippen molar-refractivity contribution >= 4 is 23.3 Å². The Morgan fingerprint density at radius 3 is 2.26 bits per heavy atom. The summed E-state index contributed by atoms with van der Waals surface area (Å²) in [4.78, 5) is 34.8. The fourth-order valence-electron chi connectivity index (χ4n) is 2.35. The lowest BCUT2D eigenvalue weighted by molar-refractivity contribution is -0.148. The average Bonchev–Trinajstić information content (AvgIpc) is 2.49. The van der Waals surface area contributed by atoms with Crippen LogP contribution in [0.5, 0.6) is 0 Å². The van der Waals surface area contributed by atoms with Crippen LogP contribution in [0.3, 0.4) is 0 Å². The van der Waals surface area contributed by atoms with Gasteiger partial charge in [0.2, 0.25) is 5.78 Å². The lowest BCUT2D eigenvalue weighted by Crippen LogP contribution is -2.20. The number of nitrogens with one attached hydrogen (secondary N) is 1. The molecule has 0 aliphatic rings. The number of benzene rings is 2. The number of Topliss-reactive ketones (excluding diaryl/α,β-unsaturated/α-hetero) is 1. The van der Waals surface area contributed by atoms with Gasteiger partial charge in [-0.25, -0.2) is 4.79 Å². The van der Waals surface area contributed by atoms with E-state index in [1.165, 1.54) is 0 Å². The van der Waals surface area contributed by atoms with E-state index in [0.29, 0.717) is 22.4 Å². The molecular formula is C18H17NO4. The van der Waals surface area contributed by atoms with Gasteiger partial charge in [-0.3, -0.25) is 9.59 Å². The van der Waals surface area contributed by atoms with Gasteiger partial charge in [0.25, 0.3) is 5.91 Å². The topological polar surface area (TPSA) is 83.5 Å². The van der Waals surface area contributed by atoms with Crippen molar-refractivity contribution in [2.24, 2.45) is 0 Å². The second-order valence-electron chi connectivity index (χ2n) is 5.28. The van der Waals surface area contributed by atoms with Crippen LogP contribution in [-0.4, -0.2) is 22.8 Å². The summed E-state index contributed by atoms with van der Waals surface area (Å²) in [5, 5.41) is 11.6. The molecule has 0 aliphatic heterocycles. The standard InChI is InChI=1S/C18H17NO4/c1-11-6-3-4-9-14(11)19-17(21)16-12(2)7-5-8-13(16)10-15(20)18(22)23/h3-9H,10H2,1-2H3,(H,19,21)(H,22,23). The molecule has 0 aromatic heterocycles. The van der Waals surface area contributed by atoms with Crippen LogP contribution in [0.15, 0.2) is 42.5 Å². The number of hydrogen-bond donors (Lipinski definition) is 2. The van der Waals surface area contributed by atoms with Gasteiger partial charge in [0, 0.05) is 17.7 Å². The Hall–Kier alpha value is -2.95. The van der Waals surface area contributed by atoms with Crippen molar-refractivity contribution in [1.82, 2.24) is 0 Å². The van der Waals surface area contributed by atoms with Crippen LogP contribution >= 0.6 is 0 Å². The van der Waals surface area contributed by atoms with E-state index in [1.807, 2.05) is 25.1 Å². The molecule has 5 nitrogen and oxygen atoms in total. The summed E-state index contributed by atoms with van der Waals surface area (Å²) in [6.45, 7) is 3.63. The van der Waals surface area contributed by atoms with Crippen molar-refractivity contribution in [3.05, 3.63) is 64.7 Å². The van der Waals surface area contributed by atoms with Gasteiger partial charge in [-0.15, -0.1) is 0 Å². The minimum absolute atomic E-state index is 0.312. The molecule has 5 heteroatoms. The molecule has 2 N–H and O–H groups in total. The third-order valence-corrected chi connectivity index (χ3v) is 3.57. The molecular weight excluding hydrogens is 294 g/mol. The Labute approximate surface area is 134 Å². The minimum Gasteiger partial charge on any atom is -0.475 e.